The van der Waals surface area contributed by atoms with Gasteiger partial charge in [0.2, 0.25) is 0 Å². The number of aliphatic carboxylic acids is 1. The van der Waals surface area contributed by atoms with E-state index < -0.39 is 18.2 Å². The minimum atomic E-state index is -1.02. The van der Waals surface area contributed by atoms with Gasteiger partial charge in [-0.3, -0.25) is 4.79 Å². The maximum Gasteiger partial charge on any atom is 0.332 e. The first kappa shape index (κ1) is 11.5. The third kappa shape index (κ3) is 2.70. The molecule has 2 atom stereocenters. The molecule has 0 aromatic carbocycles. The average molecular weight is 211 g/mol. The number of carbonyl (C=O) groups is 2. The maximum atomic E-state index is 11.6. The van der Waals surface area contributed by atoms with Crippen molar-refractivity contribution in [3.05, 3.63) is 0 Å². The zero-order valence-electron chi connectivity index (χ0n) is 8.47. The summed E-state index contributed by atoms with van der Waals surface area (Å²) in [6.07, 6.45) is 4.34. The van der Waals surface area contributed by atoms with Gasteiger partial charge in [-0.1, -0.05) is 5.92 Å². The Balaban J connectivity index is 2.50. The number of carboxylic acid groups (broad SMARTS) is 1. The van der Waals surface area contributed by atoms with Crippen LogP contribution in [-0.2, 0) is 14.3 Å². The number of rotatable bonds is 3. The molecule has 0 aliphatic carbocycles. The molecule has 1 saturated heterocycles. The van der Waals surface area contributed by atoms with E-state index in [2.05, 4.69) is 5.92 Å². The second-order valence-corrected chi connectivity index (χ2v) is 3.43. The van der Waals surface area contributed by atoms with E-state index in [9.17, 15) is 9.59 Å². The van der Waals surface area contributed by atoms with Crippen LogP contribution in [0.5, 0.6) is 0 Å². The summed E-state index contributed by atoms with van der Waals surface area (Å²) in [6.45, 7) is 0.205. The van der Waals surface area contributed by atoms with Crippen LogP contribution in [0.25, 0.3) is 0 Å². The molecule has 1 aliphatic rings. The standard InChI is InChI=1S/C10H13NO4/c1-3-6-11(2)9(12)7-4-5-8(15-7)10(13)14/h1,7-8H,4-6H2,2H3,(H,13,14). The Morgan fingerprint density at radius 2 is 2.13 bits per heavy atom. The molecule has 0 radical (unpaired) electrons. The third-order valence-corrected chi connectivity index (χ3v) is 2.28. The van der Waals surface area contributed by atoms with Crippen LogP contribution >= 0.6 is 0 Å². The van der Waals surface area contributed by atoms with Crippen molar-refractivity contribution in [1.29, 1.82) is 0 Å². The second-order valence-electron chi connectivity index (χ2n) is 3.43. The van der Waals surface area contributed by atoms with Gasteiger partial charge in [-0.25, -0.2) is 4.79 Å². The Kier molecular flexibility index (Phi) is 3.69. The molecular weight excluding hydrogens is 198 g/mol. The zero-order chi connectivity index (χ0) is 11.4. The third-order valence-electron chi connectivity index (χ3n) is 2.28. The molecule has 0 aromatic heterocycles. The predicted octanol–water partition coefficient (Wildman–Crippen LogP) is -0.290. The first-order valence-electron chi connectivity index (χ1n) is 4.63. The molecule has 1 heterocycles. The van der Waals surface area contributed by atoms with Crippen molar-refractivity contribution in [2.24, 2.45) is 0 Å². The number of carbonyl (C=O) groups excluding carboxylic acids is 1. The minimum Gasteiger partial charge on any atom is -0.479 e. The van der Waals surface area contributed by atoms with E-state index in [1.807, 2.05) is 0 Å². The quantitative estimate of drug-likeness (QED) is 0.651. The Morgan fingerprint density at radius 3 is 2.60 bits per heavy atom. The summed E-state index contributed by atoms with van der Waals surface area (Å²) in [5.74, 6) is 1.06. The van der Waals surface area contributed by atoms with Gasteiger partial charge in [0.1, 0.15) is 6.10 Å². The van der Waals surface area contributed by atoms with E-state index in [0.29, 0.717) is 12.8 Å². The summed E-state index contributed by atoms with van der Waals surface area (Å²) >= 11 is 0. The second kappa shape index (κ2) is 4.80. The van der Waals surface area contributed by atoms with Gasteiger partial charge in [-0.2, -0.15) is 0 Å². The summed E-state index contributed by atoms with van der Waals surface area (Å²) in [4.78, 5) is 23.6. The Labute approximate surface area is 88.0 Å². The smallest absolute Gasteiger partial charge is 0.332 e. The van der Waals surface area contributed by atoms with Gasteiger partial charge >= 0.3 is 5.97 Å². The van der Waals surface area contributed by atoms with Crippen LogP contribution in [-0.4, -0.2) is 47.7 Å². The van der Waals surface area contributed by atoms with E-state index in [0.717, 1.165) is 0 Å². The van der Waals surface area contributed by atoms with Crippen LogP contribution in [0.15, 0.2) is 0 Å². The lowest BCUT2D eigenvalue weighted by Gasteiger charge is -2.18. The van der Waals surface area contributed by atoms with Gasteiger partial charge in [0.25, 0.3) is 5.91 Å². The van der Waals surface area contributed by atoms with Crippen molar-refractivity contribution in [3.63, 3.8) is 0 Å². The molecular formula is C10H13NO4. The minimum absolute atomic E-state index is 0.205. The Bertz CT molecular complexity index is 307. The highest BCUT2D eigenvalue weighted by atomic mass is 16.5. The number of hydrogen-bond acceptors (Lipinski definition) is 3. The average Bonchev–Trinajstić information content (AvgIpc) is 2.65. The molecule has 1 N–H and O–H groups in total. The fraction of sp³-hybridized carbons (Fsp3) is 0.600. The number of likely N-dealkylation sites (N-methyl/N-ethyl adjacent to an activating group) is 1. The molecule has 15 heavy (non-hydrogen) atoms. The molecule has 2 unspecified atom stereocenters. The normalized spacial score (nSPS) is 24.5. The van der Waals surface area contributed by atoms with Gasteiger partial charge in [-0.05, 0) is 12.8 Å². The number of nitrogens with zero attached hydrogens (tertiary/aromatic N) is 1. The fourth-order valence-corrected chi connectivity index (χ4v) is 1.46. The number of amides is 1. The van der Waals surface area contributed by atoms with Crippen LogP contribution in [0.4, 0.5) is 0 Å². The summed E-state index contributed by atoms with van der Waals surface area (Å²) in [5.41, 5.74) is 0. The molecule has 82 valence electrons. The molecule has 0 bridgehead atoms. The Hall–Kier alpha value is -1.54. The van der Waals surface area contributed by atoms with Crippen molar-refractivity contribution in [3.8, 4) is 12.3 Å². The molecule has 0 saturated carbocycles. The van der Waals surface area contributed by atoms with E-state index in [4.69, 9.17) is 16.3 Å². The van der Waals surface area contributed by atoms with Gasteiger partial charge in [0.15, 0.2) is 6.10 Å². The van der Waals surface area contributed by atoms with Crippen LogP contribution in [0, 0.1) is 12.3 Å². The van der Waals surface area contributed by atoms with Gasteiger partial charge < -0.3 is 14.7 Å². The predicted molar refractivity (Wildman–Crippen MR) is 52.0 cm³/mol. The highest BCUT2D eigenvalue weighted by Gasteiger charge is 2.35. The lowest BCUT2D eigenvalue weighted by Crippen LogP contribution is -2.37. The van der Waals surface area contributed by atoms with Crippen molar-refractivity contribution >= 4 is 11.9 Å². The molecule has 5 nitrogen and oxygen atoms in total. The monoisotopic (exact) mass is 211 g/mol. The molecule has 1 aliphatic heterocycles. The first-order valence-corrected chi connectivity index (χ1v) is 4.63. The van der Waals surface area contributed by atoms with E-state index in [1.165, 1.54) is 4.90 Å². The van der Waals surface area contributed by atoms with Crippen LogP contribution < -0.4 is 0 Å². The lowest BCUT2D eigenvalue weighted by atomic mass is 10.2. The van der Waals surface area contributed by atoms with Crippen molar-refractivity contribution in [1.82, 2.24) is 4.90 Å². The van der Waals surface area contributed by atoms with Crippen molar-refractivity contribution in [2.45, 2.75) is 25.0 Å². The molecule has 0 spiro atoms. The van der Waals surface area contributed by atoms with Crippen LogP contribution in [0.2, 0.25) is 0 Å². The highest BCUT2D eigenvalue weighted by molar-refractivity contribution is 5.82. The van der Waals surface area contributed by atoms with Crippen LogP contribution in [0.3, 0.4) is 0 Å². The molecule has 1 rings (SSSR count). The largest absolute Gasteiger partial charge is 0.479 e. The van der Waals surface area contributed by atoms with E-state index in [1.54, 1.807) is 7.05 Å². The summed E-state index contributed by atoms with van der Waals surface area (Å²) < 4.78 is 5.09. The zero-order valence-corrected chi connectivity index (χ0v) is 8.47. The topological polar surface area (TPSA) is 66.8 Å². The summed E-state index contributed by atoms with van der Waals surface area (Å²) in [6, 6.07) is 0. The summed E-state index contributed by atoms with van der Waals surface area (Å²) in [7, 11) is 1.57. The Morgan fingerprint density at radius 1 is 1.53 bits per heavy atom. The van der Waals surface area contributed by atoms with E-state index >= 15 is 0 Å². The van der Waals surface area contributed by atoms with Gasteiger partial charge in [0.05, 0.1) is 6.54 Å². The van der Waals surface area contributed by atoms with Gasteiger partial charge in [-0.15, -0.1) is 6.42 Å². The molecule has 1 amide bonds. The van der Waals surface area contributed by atoms with Gasteiger partial charge in [0, 0.05) is 7.05 Å². The lowest BCUT2D eigenvalue weighted by molar-refractivity contribution is -0.154. The number of terminal acetylenes is 1. The van der Waals surface area contributed by atoms with Crippen molar-refractivity contribution < 1.29 is 19.4 Å². The molecule has 5 heteroatoms. The highest BCUT2D eigenvalue weighted by Crippen LogP contribution is 2.21. The number of ether oxygens (including phenoxy) is 1. The van der Waals surface area contributed by atoms with Crippen LogP contribution in [0.1, 0.15) is 12.8 Å². The first-order chi connectivity index (χ1) is 7.06. The molecule has 1 fully saturated rings. The van der Waals surface area contributed by atoms with Crippen molar-refractivity contribution in [2.75, 3.05) is 13.6 Å². The summed E-state index contributed by atoms with van der Waals surface area (Å²) in [5, 5.41) is 8.67. The number of carboxylic acids is 1. The fourth-order valence-electron chi connectivity index (χ4n) is 1.46. The van der Waals surface area contributed by atoms with E-state index in [-0.39, 0.29) is 12.5 Å². The number of hydrogen-bond donors (Lipinski definition) is 1. The maximum absolute atomic E-state index is 11.6. The molecule has 0 aromatic rings. The SMILES string of the molecule is C#CCN(C)C(=O)C1CCC(C(=O)O)O1.